The Morgan fingerprint density at radius 3 is 2.39 bits per heavy atom. The van der Waals surface area contributed by atoms with E-state index >= 15 is 0 Å². The molecular weight excluding hydrogens is 254 g/mol. The first-order valence-electron chi connectivity index (χ1n) is 5.67. The molecule has 0 spiro atoms. The number of ether oxygens (including phenoxy) is 1. The van der Waals surface area contributed by atoms with Gasteiger partial charge in [0.15, 0.2) is 0 Å². The maximum Gasteiger partial charge on any atom is 0.240 e. The van der Waals surface area contributed by atoms with E-state index in [2.05, 4.69) is 10.1 Å². The van der Waals surface area contributed by atoms with Crippen LogP contribution in [0.15, 0.2) is 29.2 Å². The van der Waals surface area contributed by atoms with Crippen molar-refractivity contribution < 1.29 is 13.2 Å². The second-order valence-electron chi connectivity index (χ2n) is 4.32. The molecule has 0 aromatic heterocycles. The molecule has 1 aliphatic rings. The van der Waals surface area contributed by atoms with E-state index in [1.807, 2.05) is 0 Å². The van der Waals surface area contributed by atoms with Gasteiger partial charge in [-0.25, -0.2) is 13.1 Å². The summed E-state index contributed by atoms with van der Waals surface area (Å²) >= 11 is 0. The van der Waals surface area contributed by atoms with Crippen LogP contribution in [-0.4, -0.2) is 27.7 Å². The van der Waals surface area contributed by atoms with E-state index in [0.717, 1.165) is 12.8 Å². The maximum absolute atomic E-state index is 12.0. The quantitative estimate of drug-likeness (QED) is 0.533. The predicted octanol–water partition coefficient (Wildman–Crippen LogP) is 0.428. The first-order chi connectivity index (χ1) is 8.55. The van der Waals surface area contributed by atoms with Gasteiger partial charge in [-0.1, -0.05) is 0 Å². The van der Waals surface area contributed by atoms with Gasteiger partial charge in [0.25, 0.3) is 0 Å². The molecule has 0 unspecified atom stereocenters. The molecule has 1 aromatic carbocycles. The molecule has 0 amide bonds. The lowest BCUT2D eigenvalue weighted by Crippen LogP contribution is -2.47. The normalized spacial score (nSPS) is 23.4. The number of sulfonamides is 1. The van der Waals surface area contributed by atoms with Crippen LogP contribution in [0.25, 0.3) is 0 Å². The van der Waals surface area contributed by atoms with Crippen molar-refractivity contribution in [2.45, 2.75) is 29.9 Å². The fourth-order valence-corrected chi connectivity index (χ4v) is 3.13. The minimum absolute atomic E-state index is 0.0349. The van der Waals surface area contributed by atoms with Crippen LogP contribution < -0.4 is 16.0 Å². The molecule has 1 aromatic rings. The van der Waals surface area contributed by atoms with Crippen LogP contribution in [-0.2, 0) is 14.8 Å². The number of rotatable bonds is 5. The number of hydrogen-bond acceptors (Lipinski definition) is 5. The molecule has 6 nitrogen and oxygen atoms in total. The van der Waals surface area contributed by atoms with Crippen LogP contribution >= 0.6 is 0 Å². The summed E-state index contributed by atoms with van der Waals surface area (Å²) < 4.78 is 31.8. The number of benzene rings is 1. The van der Waals surface area contributed by atoms with E-state index in [4.69, 9.17) is 10.6 Å². The maximum atomic E-state index is 12.0. The summed E-state index contributed by atoms with van der Waals surface area (Å²) in [5, 5.41) is 0. The monoisotopic (exact) mass is 271 g/mol. The van der Waals surface area contributed by atoms with E-state index in [-0.39, 0.29) is 17.0 Å². The van der Waals surface area contributed by atoms with Crippen molar-refractivity contribution in [1.29, 1.82) is 0 Å². The third kappa shape index (κ3) is 2.81. The van der Waals surface area contributed by atoms with Crippen molar-refractivity contribution in [3.8, 4) is 0 Å². The molecule has 2 rings (SSSR count). The fourth-order valence-electron chi connectivity index (χ4n) is 1.87. The zero-order chi connectivity index (χ0) is 13.2. The standard InChI is InChI=1S/C11H17N3O3S/c1-17-10-6-9(7-10)14-18(15,16)11-4-2-8(13-12)3-5-11/h2-5,9-10,13-14H,6-7,12H2,1H3. The van der Waals surface area contributed by atoms with Gasteiger partial charge in [0.05, 0.1) is 11.0 Å². The van der Waals surface area contributed by atoms with Gasteiger partial charge >= 0.3 is 0 Å². The zero-order valence-electron chi connectivity index (χ0n) is 10.1. The number of hydrogen-bond donors (Lipinski definition) is 3. The Hall–Kier alpha value is -1.15. The zero-order valence-corrected chi connectivity index (χ0v) is 10.9. The average Bonchev–Trinajstić information content (AvgIpc) is 2.33. The van der Waals surface area contributed by atoms with Crippen molar-refractivity contribution in [3.05, 3.63) is 24.3 Å². The van der Waals surface area contributed by atoms with Gasteiger partial charge < -0.3 is 10.2 Å². The minimum atomic E-state index is -3.45. The molecule has 1 fully saturated rings. The van der Waals surface area contributed by atoms with E-state index in [1.54, 1.807) is 19.2 Å². The Morgan fingerprint density at radius 1 is 1.28 bits per heavy atom. The Bertz CT molecular complexity index is 495. The molecule has 1 saturated carbocycles. The molecule has 7 heteroatoms. The summed E-state index contributed by atoms with van der Waals surface area (Å²) in [6.45, 7) is 0. The summed E-state index contributed by atoms with van der Waals surface area (Å²) in [5.41, 5.74) is 3.11. The van der Waals surface area contributed by atoms with Crippen LogP contribution in [0, 0.1) is 0 Å². The van der Waals surface area contributed by atoms with Crippen molar-refractivity contribution in [3.63, 3.8) is 0 Å². The van der Waals surface area contributed by atoms with Crippen LogP contribution in [0.4, 0.5) is 5.69 Å². The molecule has 0 aliphatic heterocycles. The molecule has 0 atom stereocenters. The molecule has 100 valence electrons. The lowest BCUT2D eigenvalue weighted by Gasteiger charge is -2.34. The number of hydrazine groups is 1. The van der Waals surface area contributed by atoms with E-state index in [9.17, 15) is 8.42 Å². The van der Waals surface area contributed by atoms with E-state index in [0.29, 0.717) is 5.69 Å². The van der Waals surface area contributed by atoms with Gasteiger partial charge in [-0.3, -0.25) is 5.84 Å². The molecule has 0 heterocycles. The SMILES string of the molecule is COC1CC(NS(=O)(=O)c2ccc(NN)cc2)C1. The van der Waals surface area contributed by atoms with Crippen molar-refractivity contribution in [2.75, 3.05) is 12.5 Å². The van der Waals surface area contributed by atoms with Crippen LogP contribution in [0.2, 0.25) is 0 Å². The minimum Gasteiger partial charge on any atom is -0.381 e. The lowest BCUT2D eigenvalue weighted by atomic mass is 9.90. The number of nitrogen functional groups attached to an aromatic ring is 1. The molecular formula is C11H17N3O3S. The van der Waals surface area contributed by atoms with Gasteiger partial charge in [0, 0.05) is 18.8 Å². The van der Waals surface area contributed by atoms with E-state index in [1.165, 1.54) is 12.1 Å². The largest absolute Gasteiger partial charge is 0.381 e. The van der Waals surface area contributed by atoms with Gasteiger partial charge in [-0.05, 0) is 37.1 Å². The third-order valence-electron chi connectivity index (χ3n) is 3.08. The Kier molecular flexibility index (Phi) is 3.86. The van der Waals surface area contributed by atoms with Crippen molar-refractivity contribution in [1.82, 2.24) is 4.72 Å². The number of anilines is 1. The number of methoxy groups -OCH3 is 1. The van der Waals surface area contributed by atoms with Gasteiger partial charge in [-0.2, -0.15) is 0 Å². The number of nitrogens with one attached hydrogen (secondary N) is 2. The van der Waals surface area contributed by atoms with Gasteiger partial charge in [0.2, 0.25) is 10.0 Å². The summed E-state index contributed by atoms with van der Waals surface area (Å²) in [6.07, 6.45) is 1.61. The van der Waals surface area contributed by atoms with Crippen molar-refractivity contribution in [2.24, 2.45) is 5.84 Å². The summed E-state index contributed by atoms with van der Waals surface area (Å²) in [5.74, 6) is 5.22. The van der Waals surface area contributed by atoms with Crippen LogP contribution in [0.1, 0.15) is 12.8 Å². The average molecular weight is 271 g/mol. The second-order valence-corrected chi connectivity index (χ2v) is 6.03. The van der Waals surface area contributed by atoms with Gasteiger partial charge in [0.1, 0.15) is 0 Å². The molecule has 1 aliphatic carbocycles. The second kappa shape index (κ2) is 5.23. The summed E-state index contributed by atoms with van der Waals surface area (Å²) in [6, 6.07) is 6.24. The summed E-state index contributed by atoms with van der Waals surface area (Å²) in [7, 11) is -1.82. The van der Waals surface area contributed by atoms with Crippen LogP contribution in [0.3, 0.4) is 0 Å². The molecule has 18 heavy (non-hydrogen) atoms. The first kappa shape index (κ1) is 13.3. The summed E-state index contributed by atoms with van der Waals surface area (Å²) in [4.78, 5) is 0.238. The third-order valence-corrected chi connectivity index (χ3v) is 4.62. The topological polar surface area (TPSA) is 93.4 Å². The highest BCUT2D eigenvalue weighted by atomic mass is 32.2. The number of nitrogens with two attached hydrogens (primary N) is 1. The smallest absolute Gasteiger partial charge is 0.240 e. The fraction of sp³-hybridized carbons (Fsp3) is 0.455. The highest BCUT2D eigenvalue weighted by molar-refractivity contribution is 7.89. The Morgan fingerprint density at radius 2 is 1.89 bits per heavy atom. The van der Waals surface area contributed by atoms with E-state index < -0.39 is 10.0 Å². The lowest BCUT2D eigenvalue weighted by molar-refractivity contribution is 0.0236. The van der Waals surface area contributed by atoms with Crippen LogP contribution in [0.5, 0.6) is 0 Å². The predicted molar refractivity (Wildman–Crippen MR) is 68.4 cm³/mol. The molecule has 0 saturated heterocycles. The molecule has 0 radical (unpaired) electrons. The Labute approximate surface area is 107 Å². The van der Waals surface area contributed by atoms with Crippen molar-refractivity contribution >= 4 is 15.7 Å². The van der Waals surface area contributed by atoms with Gasteiger partial charge in [-0.15, -0.1) is 0 Å². The molecule has 0 bridgehead atoms. The molecule has 4 N–H and O–H groups in total. The highest BCUT2D eigenvalue weighted by Gasteiger charge is 2.32. The first-order valence-corrected chi connectivity index (χ1v) is 7.15. The Balaban J connectivity index is 2.02. The highest BCUT2D eigenvalue weighted by Crippen LogP contribution is 2.24.